The Morgan fingerprint density at radius 2 is 1.91 bits per heavy atom. The molecule has 0 fully saturated rings. The number of thioether (sulfide) groups is 1. The summed E-state index contributed by atoms with van der Waals surface area (Å²) in [6.45, 7) is 1.80. The molecule has 0 radical (unpaired) electrons. The molecular formula is C25H19ClF3N3OS2. The average Bonchev–Trinajstić information content (AvgIpc) is 3.39. The lowest BCUT2D eigenvalue weighted by Crippen LogP contribution is -2.21. The average molecular weight is 534 g/mol. The number of carbonyl (C=O) groups is 1. The van der Waals surface area contributed by atoms with Gasteiger partial charge in [0.2, 0.25) is 5.91 Å². The number of carbonyl (C=O) groups excluding carboxylic acids is 1. The van der Waals surface area contributed by atoms with Crippen molar-refractivity contribution in [3.63, 3.8) is 0 Å². The number of halogens is 4. The third-order valence-electron chi connectivity index (χ3n) is 5.76. The highest BCUT2D eigenvalue weighted by Crippen LogP contribution is 2.45. The monoisotopic (exact) mass is 533 g/mol. The van der Waals surface area contributed by atoms with Crippen LogP contribution in [0.25, 0.3) is 10.2 Å². The van der Waals surface area contributed by atoms with Crippen molar-refractivity contribution in [2.45, 2.75) is 42.6 Å². The Morgan fingerprint density at radius 3 is 2.66 bits per heavy atom. The standard InChI is InChI=1S/C25H19ClF3N3OS2/c1-13-30-23-20(16-8-5-9-19(16)34-23)24(31-13)35-21(14-6-3-2-4-7-14)22(33)32-18-11-10-15(26)12-17(18)25(27,28)29/h2-4,6-7,10-12,21H,5,8-9H2,1H3,(H,32,33)/t21-/m0/s1. The molecule has 0 bridgehead atoms. The van der Waals surface area contributed by atoms with Crippen LogP contribution >= 0.6 is 34.7 Å². The van der Waals surface area contributed by atoms with E-state index >= 15 is 0 Å². The predicted molar refractivity (Wildman–Crippen MR) is 134 cm³/mol. The minimum Gasteiger partial charge on any atom is -0.324 e. The number of alkyl halides is 3. The van der Waals surface area contributed by atoms with E-state index in [2.05, 4.69) is 15.3 Å². The van der Waals surface area contributed by atoms with E-state index in [1.807, 2.05) is 6.07 Å². The number of nitrogens with one attached hydrogen (secondary N) is 1. The summed E-state index contributed by atoms with van der Waals surface area (Å²) in [5.74, 6) is 0.00881. The van der Waals surface area contributed by atoms with Gasteiger partial charge in [-0.3, -0.25) is 4.79 Å². The highest BCUT2D eigenvalue weighted by Gasteiger charge is 2.35. The van der Waals surface area contributed by atoms with Gasteiger partial charge in [0.1, 0.15) is 20.9 Å². The summed E-state index contributed by atoms with van der Waals surface area (Å²) in [5, 5.41) is 3.22. The zero-order valence-electron chi connectivity index (χ0n) is 18.4. The molecule has 1 atom stereocenters. The van der Waals surface area contributed by atoms with E-state index in [-0.39, 0.29) is 10.7 Å². The largest absolute Gasteiger partial charge is 0.418 e. The van der Waals surface area contributed by atoms with Gasteiger partial charge in [0.15, 0.2) is 0 Å². The van der Waals surface area contributed by atoms with Crippen molar-refractivity contribution < 1.29 is 18.0 Å². The second kappa shape index (κ2) is 9.44. The highest BCUT2D eigenvalue weighted by molar-refractivity contribution is 8.00. The minimum absolute atomic E-state index is 0.0607. The lowest BCUT2D eigenvalue weighted by atomic mass is 10.1. The molecule has 1 aliphatic rings. The van der Waals surface area contributed by atoms with Crippen LogP contribution < -0.4 is 5.32 Å². The number of amides is 1. The molecule has 4 nitrogen and oxygen atoms in total. The highest BCUT2D eigenvalue weighted by atomic mass is 35.5. The molecule has 0 spiro atoms. The maximum Gasteiger partial charge on any atom is 0.418 e. The third-order valence-corrected chi connectivity index (χ3v) is 8.42. The molecule has 2 aromatic carbocycles. The first kappa shape index (κ1) is 24.1. The summed E-state index contributed by atoms with van der Waals surface area (Å²) in [4.78, 5) is 24.9. The van der Waals surface area contributed by atoms with Crippen LogP contribution in [0, 0.1) is 6.92 Å². The lowest BCUT2D eigenvalue weighted by molar-refractivity contribution is -0.137. The molecule has 0 aliphatic heterocycles. The topological polar surface area (TPSA) is 54.9 Å². The number of aryl methyl sites for hydroxylation is 3. The zero-order chi connectivity index (χ0) is 24.7. The maximum absolute atomic E-state index is 13.6. The molecule has 180 valence electrons. The molecule has 1 N–H and O–H groups in total. The van der Waals surface area contributed by atoms with Crippen LogP contribution in [0.4, 0.5) is 18.9 Å². The Labute approximate surface area is 212 Å². The van der Waals surface area contributed by atoms with Gasteiger partial charge >= 0.3 is 6.18 Å². The van der Waals surface area contributed by atoms with Crippen LogP contribution in [0.3, 0.4) is 0 Å². The molecule has 0 unspecified atom stereocenters. The molecule has 0 saturated carbocycles. The van der Waals surface area contributed by atoms with Gasteiger partial charge in [0, 0.05) is 15.3 Å². The van der Waals surface area contributed by atoms with Gasteiger partial charge in [0.25, 0.3) is 0 Å². The van der Waals surface area contributed by atoms with Gasteiger partial charge in [-0.05, 0) is 55.5 Å². The zero-order valence-corrected chi connectivity index (χ0v) is 20.8. The fraction of sp³-hybridized carbons (Fsp3) is 0.240. The Morgan fingerprint density at radius 1 is 1.14 bits per heavy atom. The van der Waals surface area contributed by atoms with E-state index in [1.165, 1.54) is 34.3 Å². The molecule has 5 rings (SSSR count). The second-order valence-electron chi connectivity index (χ2n) is 8.20. The molecule has 0 saturated heterocycles. The Balaban J connectivity index is 1.55. The number of rotatable bonds is 5. The number of anilines is 1. The van der Waals surface area contributed by atoms with Crippen molar-refractivity contribution in [3.8, 4) is 0 Å². The fourth-order valence-corrected chi connectivity index (χ4v) is 6.97. The van der Waals surface area contributed by atoms with Crippen molar-refractivity contribution in [2.24, 2.45) is 0 Å². The van der Waals surface area contributed by atoms with Crippen LogP contribution in [0.5, 0.6) is 0 Å². The number of fused-ring (bicyclic) bond motifs is 3. The molecule has 2 aromatic heterocycles. The van der Waals surface area contributed by atoms with Crippen molar-refractivity contribution >= 4 is 56.5 Å². The lowest BCUT2D eigenvalue weighted by Gasteiger charge is -2.20. The van der Waals surface area contributed by atoms with Crippen molar-refractivity contribution in [3.05, 3.63) is 80.9 Å². The predicted octanol–water partition coefficient (Wildman–Crippen LogP) is 7.63. The Bertz CT molecular complexity index is 1420. The summed E-state index contributed by atoms with van der Waals surface area (Å²) in [6.07, 6.45) is -1.68. The quantitative estimate of drug-likeness (QED) is 0.212. The normalized spacial score (nSPS) is 14.2. The minimum atomic E-state index is -4.67. The van der Waals surface area contributed by atoms with E-state index < -0.39 is 22.9 Å². The smallest absolute Gasteiger partial charge is 0.324 e. The molecule has 4 aromatic rings. The van der Waals surface area contributed by atoms with Gasteiger partial charge in [-0.25, -0.2) is 9.97 Å². The number of benzene rings is 2. The van der Waals surface area contributed by atoms with Gasteiger partial charge in [0.05, 0.1) is 11.3 Å². The SMILES string of the molecule is Cc1nc(S[C@H](C(=O)Nc2ccc(Cl)cc2C(F)(F)F)c2ccccc2)c2c3c(sc2n1)CCC3. The summed E-state index contributed by atoms with van der Waals surface area (Å²) in [7, 11) is 0. The molecule has 1 aliphatic carbocycles. The van der Waals surface area contributed by atoms with Gasteiger partial charge < -0.3 is 5.32 Å². The molecule has 10 heteroatoms. The molecular weight excluding hydrogens is 515 g/mol. The number of nitrogens with zero attached hydrogens (tertiary/aromatic N) is 2. The van der Waals surface area contributed by atoms with E-state index in [0.29, 0.717) is 16.4 Å². The summed E-state index contributed by atoms with van der Waals surface area (Å²) in [6, 6.07) is 12.3. The van der Waals surface area contributed by atoms with Crippen LogP contribution in [-0.2, 0) is 23.8 Å². The Kier molecular flexibility index (Phi) is 6.50. The number of hydrogen-bond donors (Lipinski definition) is 1. The molecule has 35 heavy (non-hydrogen) atoms. The van der Waals surface area contributed by atoms with Crippen LogP contribution in [-0.4, -0.2) is 15.9 Å². The van der Waals surface area contributed by atoms with Crippen LogP contribution in [0.1, 0.15) is 39.1 Å². The summed E-state index contributed by atoms with van der Waals surface area (Å²) in [5.41, 5.74) is 0.547. The van der Waals surface area contributed by atoms with Crippen molar-refractivity contribution in [2.75, 3.05) is 5.32 Å². The van der Waals surface area contributed by atoms with Crippen LogP contribution in [0.15, 0.2) is 53.6 Å². The van der Waals surface area contributed by atoms with Crippen molar-refractivity contribution in [1.82, 2.24) is 9.97 Å². The van der Waals surface area contributed by atoms with Crippen LogP contribution in [0.2, 0.25) is 5.02 Å². The van der Waals surface area contributed by atoms with E-state index in [0.717, 1.165) is 35.5 Å². The Hall–Kier alpha value is -2.62. The maximum atomic E-state index is 13.6. The van der Waals surface area contributed by atoms with E-state index in [9.17, 15) is 18.0 Å². The first-order chi connectivity index (χ1) is 16.7. The van der Waals surface area contributed by atoms with E-state index in [4.69, 9.17) is 11.6 Å². The van der Waals surface area contributed by atoms with Gasteiger partial charge in [-0.15, -0.1) is 11.3 Å². The van der Waals surface area contributed by atoms with E-state index in [1.54, 1.807) is 42.5 Å². The fourth-order valence-electron chi connectivity index (χ4n) is 4.22. The van der Waals surface area contributed by atoms with Gasteiger partial charge in [-0.2, -0.15) is 13.2 Å². The third kappa shape index (κ3) is 4.90. The van der Waals surface area contributed by atoms with Crippen molar-refractivity contribution in [1.29, 1.82) is 0 Å². The molecule has 2 heterocycles. The number of hydrogen-bond acceptors (Lipinski definition) is 5. The summed E-state index contributed by atoms with van der Waals surface area (Å²) < 4.78 is 40.9. The molecule has 1 amide bonds. The first-order valence-electron chi connectivity index (χ1n) is 10.9. The number of aromatic nitrogens is 2. The van der Waals surface area contributed by atoms with Gasteiger partial charge in [-0.1, -0.05) is 53.7 Å². The first-order valence-corrected chi connectivity index (χ1v) is 13.0. The summed E-state index contributed by atoms with van der Waals surface area (Å²) >= 11 is 8.69. The number of thiophene rings is 1. The second-order valence-corrected chi connectivity index (χ2v) is 10.8.